The predicted molar refractivity (Wildman–Crippen MR) is 154 cm³/mol. The molecule has 1 aliphatic heterocycles. The second-order valence-electron chi connectivity index (χ2n) is 11.1. The molecule has 3 aromatic rings. The van der Waals surface area contributed by atoms with Gasteiger partial charge in [0.15, 0.2) is 0 Å². The SMILES string of the molecule is CC(C)C.CC(C)C.CC(C)N1CCCc2ccccc21.CC(C)c1cccc2ncccc12. The minimum absolute atomic E-state index is 0.563. The van der Waals surface area contributed by atoms with Gasteiger partial charge in [-0.3, -0.25) is 4.98 Å². The van der Waals surface area contributed by atoms with Crippen molar-refractivity contribution >= 4 is 16.6 Å². The lowest BCUT2D eigenvalue weighted by molar-refractivity contribution is 0.626. The van der Waals surface area contributed by atoms with Crippen LogP contribution in [0.5, 0.6) is 0 Å². The molecule has 0 atom stereocenters. The van der Waals surface area contributed by atoms with Gasteiger partial charge >= 0.3 is 0 Å². The molecule has 0 bridgehead atoms. The van der Waals surface area contributed by atoms with Crippen LogP contribution in [0.1, 0.15) is 92.7 Å². The zero-order valence-corrected chi connectivity index (χ0v) is 23.6. The Morgan fingerprint density at radius 2 is 1.32 bits per heavy atom. The molecule has 1 aliphatic rings. The zero-order chi connectivity index (χ0) is 25.7. The van der Waals surface area contributed by atoms with Gasteiger partial charge in [-0.2, -0.15) is 0 Å². The molecule has 0 radical (unpaired) electrons. The molecule has 0 amide bonds. The lowest BCUT2D eigenvalue weighted by atomic mass is 9.98. The Hall–Kier alpha value is -2.35. The second-order valence-corrected chi connectivity index (χ2v) is 11.1. The first kappa shape index (κ1) is 29.7. The van der Waals surface area contributed by atoms with E-state index in [0.717, 1.165) is 17.4 Å². The summed E-state index contributed by atoms with van der Waals surface area (Å²) < 4.78 is 0. The maximum absolute atomic E-state index is 4.32. The number of nitrogens with zero attached hydrogens (tertiary/aromatic N) is 2. The van der Waals surface area contributed by atoms with E-state index in [-0.39, 0.29) is 0 Å². The summed E-state index contributed by atoms with van der Waals surface area (Å²) in [6.07, 6.45) is 4.39. The fourth-order valence-corrected chi connectivity index (χ4v) is 3.73. The summed E-state index contributed by atoms with van der Waals surface area (Å²) in [7, 11) is 0. The first-order valence-corrected chi connectivity index (χ1v) is 13.2. The molecule has 2 heterocycles. The molecule has 0 spiro atoms. The van der Waals surface area contributed by atoms with E-state index in [1.54, 1.807) is 0 Å². The second kappa shape index (κ2) is 15.5. The van der Waals surface area contributed by atoms with Crippen LogP contribution in [0, 0.1) is 11.8 Å². The van der Waals surface area contributed by atoms with Gasteiger partial charge in [0, 0.05) is 29.9 Å². The molecule has 2 heteroatoms. The maximum Gasteiger partial charge on any atom is 0.0704 e. The smallest absolute Gasteiger partial charge is 0.0704 e. The first-order valence-electron chi connectivity index (χ1n) is 13.2. The summed E-state index contributed by atoms with van der Waals surface area (Å²) in [5.74, 6) is 2.23. The molecule has 0 unspecified atom stereocenters. The Bertz CT molecular complexity index is 924. The molecule has 2 nitrogen and oxygen atoms in total. The third kappa shape index (κ3) is 10.7. The molecule has 1 aromatic heterocycles. The summed E-state index contributed by atoms with van der Waals surface area (Å²) in [6, 6.07) is 19.8. The van der Waals surface area contributed by atoms with Crippen molar-refractivity contribution in [1.82, 2.24) is 4.98 Å². The zero-order valence-electron chi connectivity index (χ0n) is 23.6. The molecule has 4 rings (SSSR count). The van der Waals surface area contributed by atoms with Gasteiger partial charge in [-0.05, 0) is 73.8 Å². The van der Waals surface area contributed by atoms with Gasteiger partial charge in [-0.25, -0.2) is 0 Å². The summed E-state index contributed by atoms with van der Waals surface area (Å²) >= 11 is 0. The Kier molecular flexibility index (Phi) is 13.6. The predicted octanol–water partition coefficient (Wildman–Crippen LogP) is 9.53. The fourth-order valence-electron chi connectivity index (χ4n) is 3.73. The lowest BCUT2D eigenvalue weighted by Crippen LogP contribution is -2.35. The largest absolute Gasteiger partial charge is 0.369 e. The van der Waals surface area contributed by atoms with Crippen LogP contribution in [-0.4, -0.2) is 17.6 Å². The number of fused-ring (bicyclic) bond motifs is 2. The van der Waals surface area contributed by atoms with Crippen LogP contribution in [0.2, 0.25) is 0 Å². The molecule has 2 aromatic carbocycles. The highest BCUT2D eigenvalue weighted by Crippen LogP contribution is 2.28. The van der Waals surface area contributed by atoms with Gasteiger partial charge in [0.2, 0.25) is 0 Å². The molecule has 0 saturated heterocycles. The average molecular weight is 463 g/mol. The number of aryl methyl sites for hydroxylation is 1. The van der Waals surface area contributed by atoms with Crippen LogP contribution in [-0.2, 0) is 6.42 Å². The van der Waals surface area contributed by atoms with Crippen LogP contribution in [0.4, 0.5) is 5.69 Å². The first-order chi connectivity index (χ1) is 16.0. The third-order valence-corrected chi connectivity index (χ3v) is 5.07. The minimum Gasteiger partial charge on any atom is -0.369 e. The molecule has 188 valence electrons. The van der Waals surface area contributed by atoms with E-state index in [1.165, 1.54) is 41.6 Å². The number of pyridine rings is 1. The van der Waals surface area contributed by atoms with Crippen molar-refractivity contribution < 1.29 is 0 Å². The fraction of sp³-hybridized carbons (Fsp3) is 0.531. The molecule has 34 heavy (non-hydrogen) atoms. The quantitative estimate of drug-likeness (QED) is 0.377. The van der Waals surface area contributed by atoms with Crippen molar-refractivity contribution in [3.05, 3.63) is 71.9 Å². The number of aromatic nitrogens is 1. The number of hydrogen-bond donors (Lipinski definition) is 0. The van der Waals surface area contributed by atoms with E-state index in [1.807, 2.05) is 12.3 Å². The molecule has 0 N–H and O–H groups in total. The summed E-state index contributed by atoms with van der Waals surface area (Å²) in [5.41, 5.74) is 5.44. The van der Waals surface area contributed by atoms with Crippen LogP contribution < -0.4 is 4.90 Å². The van der Waals surface area contributed by atoms with Crippen LogP contribution in [0.25, 0.3) is 10.9 Å². The Morgan fingerprint density at radius 1 is 0.706 bits per heavy atom. The Balaban J connectivity index is 0.000000261. The average Bonchev–Trinajstić information content (AvgIpc) is 2.78. The van der Waals surface area contributed by atoms with Crippen LogP contribution in [0.3, 0.4) is 0 Å². The van der Waals surface area contributed by atoms with E-state index in [0.29, 0.717) is 12.0 Å². The van der Waals surface area contributed by atoms with E-state index in [2.05, 4.69) is 128 Å². The number of hydrogen-bond acceptors (Lipinski definition) is 2. The van der Waals surface area contributed by atoms with Crippen molar-refractivity contribution in [1.29, 1.82) is 0 Å². The normalized spacial score (nSPS) is 12.5. The topological polar surface area (TPSA) is 16.1 Å². The van der Waals surface area contributed by atoms with Gasteiger partial charge in [0.1, 0.15) is 0 Å². The van der Waals surface area contributed by atoms with Crippen molar-refractivity contribution in [2.75, 3.05) is 11.4 Å². The number of anilines is 1. The molecule has 0 aliphatic carbocycles. The van der Waals surface area contributed by atoms with Crippen LogP contribution in [0.15, 0.2) is 60.8 Å². The Morgan fingerprint density at radius 3 is 1.91 bits per heavy atom. The monoisotopic (exact) mass is 462 g/mol. The maximum atomic E-state index is 4.32. The molecular formula is C32H50N2. The number of para-hydroxylation sites is 1. The molecule has 0 saturated carbocycles. The van der Waals surface area contributed by atoms with Crippen molar-refractivity contribution in [3.8, 4) is 0 Å². The highest BCUT2D eigenvalue weighted by Gasteiger charge is 2.17. The lowest BCUT2D eigenvalue weighted by Gasteiger charge is -2.34. The Labute approximate surface area is 210 Å². The van der Waals surface area contributed by atoms with E-state index in [9.17, 15) is 0 Å². The third-order valence-electron chi connectivity index (χ3n) is 5.07. The van der Waals surface area contributed by atoms with Gasteiger partial charge in [-0.15, -0.1) is 0 Å². The van der Waals surface area contributed by atoms with Crippen molar-refractivity contribution in [3.63, 3.8) is 0 Å². The van der Waals surface area contributed by atoms with E-state index >= 15 is 0 Å². The highest BCUT2D eigenvalue weighted by molar-refractivity contribution is 5.82. The van der Waals surface area contributed by atoms with Gasteiger partial charge in [0.25, 0.3) is 0 Å². The van der Waals surface area contributed by atoms with Gasteiger partial charge in [0.05, 0.1) is 5.52 Å². The summed E-state index contributed by atoms with van der Waals surface area (Å²) in [5, 5.41) is 1.28. The van der Waals surface area contributed by atoms with Gasteiger partial charge < -0.3 is 4.90 Å². The van der Waals surface area contributed by atoms with E-state index < -0.39 is 0 Å². The number of benzene rings is 2. The number of rotatable bonds is 2. The van der Waals surface area contributed by atoms with Crippen molar-refractivity contribution in [2.45, 2.75) is 94.0 Å². The highest BCUT2D eigenvalue weighted by atomic mass is 15.2. The summed E-state index contributed by atoms with van der Waals surface area (Å²) in [4.78, 5) is 6.82. The summed E-state index contributed by atoms with van der Waals surface area (Å²) in [6.45, 7) is 23.2. The van der Waals surface area contributed by atoms with Crippen molar-refractivity contribution in [2.24, 2.45) is 11.8 Å². The van der Waals surface area contributed by atoms with E-state index in [4.69, 9.17) is 0 Å². The molecule has 0 fully saturated rings. The van der Waals surface area contributed by atoms with Gasteiger partial charge in [-0.1, -0.05) is 91.8 Å². The molecular weight excluding hydrogens is 412 g/mol. The minimum atomic E-state index is 0.563. The van der Waals surface area contributed by atoms with Crippen LogP contribution >= 0.6 is 0 Å². The standard InChI is InChI=1S/C12H13N.C12H17N.2C4H10/c1-9(2)10-5-3-7-12-11(10)6-4-8-13-12;1-10(2)13-9-5-7-11-6-3-4-8-12(11)13;2*1-4(2)3/h3-9H,1-2H3;3-4,6,8,10H,5,7,9H2,1-2H3;2*4H,1-3H3.